The highest BCUT2D eigenvalue weighted by atomic mass is 79.9. The van der Waals surface area contributed by atoms with Crippen LogP contribution in [0.4, 0.5) is 0 Å². The molecule has 1 unspecified atom stereocenters. The summed E-state index contributed by atoms with van der Waals surface area (Å²) in [5.74, 6) is 0.796. The molecule has 0 saturated heterocycles. The maximum absolute atomic E-state index is 10.0. The maximum Gasteiger partial charge on any atom is 0.120 e. The van der Waals surface area contributed by atoms with Gasteiger partial charge in [0, 0.05) is 22.4 Å². The fraction of sp³-hybridized carbons (Fsp3) is 0.312. The number of benzene rings is 1. The first kappa shape index (κ1) is 13.6. The summed E-state index contributed by atoms with van der Waals surface area (Å²) in [6, 6.07) is 7.99. The van der Waals surface area contributed by atoms with Gasteiger partial charge in [-0.05, 0) is 64.5 Å². The first-order valence-electron chi connectivity index (χ1n) is 6.75. The molecule has 3 rings (SSSR count). The van der Waals surface area contributed by atoms with Gasteiger partial charge in [-0.2, -0.15) is 0 Å². The number of ether oxygens (including phenoxy) is 1. The third-order valence-corrected chi connectivity index (χ3v) is 4.00. The molecule has 0 spiro atoms. The van der Waals surface area contributed by atoms with Crippen LogP contribution < -0.4 is 4.74 Å². The third-order valence-electron chi connectivity index (χ3n) is 3.57. The van der Waals surface area contributed by atoms with Crippen LogP contribution in [0.15, 0.2) is 41.1 Å². The van der Waals surface area contributed by atoms with Crippen molar-refractivity contribution in [1.82, 2.24) is 4.98 Å². The summed E-state index contributed by atoms with van der Waals surface area (Å²) < 4.78 is 6.73. The highest BCUT2D eigenvalue weighted by molar-refractivity contribution is 9.10. The molecule has 0 aliphatic heterocycles. The van der Waals surface area contributed by atoms with Gasteiger partial charge in [-0.1, -0.05) is 6.07 Å². The molecular formula is C16H16BrNO2. The second kappa shape index (κ2) is 5.94. The molecule has 0 radical (unpaired) electrons. The van der Waals surface area contributed by atoms with E-state index in [1.54, 1.807) is 12.4 Å². The predicted molar refractivity (Wildman–Crippen MR) is 80.6 cm³/mol. The number of nitrogens with zero attached hydrogens (tertiary/aromatic N) is 1. The number of aliphatic hydroxyl groups is 1. The van der Waals surface area contributed by atoms with E-state index in [1.165, 1.54) is 5.56 Å². The lowest BCUT2D eigenvalue weighted by Gasteiger charge is -2.22. The van der Waals surface area contributed by atoms with Gasteiger partial charge >= 0.3 is 0 Å². The van der Waals surface area contributed by atoms with Crippen LogP contribution in [-0.4, -0.2) is 10.1 Å². The fourth-order valence-electron chi connectivity index (χ4n) is 2.54. The molecule has 1 aliphatic rings. The zero-order chi connectivity index (χ0) is 13.9. The quantitative estimate of drug-likeness (QED) is 0.929. The van der Waals surface area contributed by atoms with E-state index in [0.29, 0.717) is 6.61 Å². The molecular weight excluding hydrogens is 318 g/mol. The lowest BCUT2D eigenvalue weighted by molar-refractivity contribution is 0.156. The number of fused-ring (bicyclic) bond motifs is 1. The predicted octanol–water partition coefficient (Wildman–Crippen LogP) is 3.79. The summed E-state index contributed by atoms with van der Waals surface area (Å²) in [7, 11) is 0. The number of aryl methyl sites for hydroxylation is 1. The number of halogens is 1. The SMILES string of the molecule is OC1CCCc2ccc(OCc3cncc(Br)c3)cc21. The number of hydrogen-bond acceptors (Lipinski definition) is 3. The van der Waals surface area contributed by atoms with Crippen molar-refractivity contribution in [2.24, 2.45) is 0 Å². The van der Waals surface area contributed by atoms with Crippen LogP contribution in [0.5, 0.6) is 5.75 Å². The van der Waals surface area contributed by atoms with Crippen LogP contribution >= 0.6 is 15.9 Å². The summed E-state index contributed by atoms with van der Waals surface area (Å²) >= 11 is 3.39. The fourth-order valence-corrected chi connectivity index (χ4v) is 2.96. The van der Waals surface area contributed by atoms with Gasteiger partial charge in [-0.15, -0.1) is 0 Å². The van der Waals surface area contributed by atoms with E-state index < -0.39 is 0 Å². The molecule has 2 aromatic rings. The minimum absolute atomic E-state index is 0.352. The molecule has 1 atom stereocenters. The van der Waals surface area contributed by atoms with Crippen molar-refractivity contribution in [3.8, 4) is 5.75 Å². The van der Waals surface area contributed by atoms with E-state index in [4.69, 9.17) is 4.74 Å². The van der Waals surface area contributed by atoms with E-state index in [9.17, 15) is 5.11 Å². The van der Waals surface area contributed by atoms with Gasteiger partial charge in [-0.25, -0.2) is 0 Å². The molecule has 3 nitrogen and oxygen atoms in total. The van der Waals surface area contributed by atoms with Crippen molar-refractivity contribution in [3.05, 3.63) is 57.8 Å². The van der Waals surface area contributed by atoms with Crippen LogP contribution in [0, 0.1) is 0 Å². The Morgan fingerprint density at radius 1 is 1.30 bits per heavy atom. The Bertz CT molecular complexity index is 615. The van der Waals surface area contributed by atoms with E-state index >= 15 is 0 Å². The molecule has 1 heterocycles. The number of pyridine rings is 1. The van der Waals surface area contributed by atoms with Gasteiger partial charge in [0.15, 0.2) is 0 Å². The molecule has 4 heteroatoms. The minimum atomic E-state index is -0.352. The Hall–Kier alpha value is -1.39. The number of hydrogen-bond donors (Lipinski definition) is 1. The molecule has 1 aromatic heterocycles. The summed E-state index contributed by atoms with van der Waals surface area (Å²) in [5, 5.41) is 10.0. The van der Waals surface area contributed by atoms with Crippen molar-refractivity contribution in [3.63, 3.8) is 0 Å². The van der Waals surface area contributed by atoms with Gasteiger partial charge in [0.1, 0.15) is 12.4 Å². The van der Waals surface area contributed by atoms with Crippen LogP contribution in [0.3, 0.4) is 0 Å². The van der Waals surface area contributed by atoms with Crippen molar-refractivity contribution in [1.29, 1.82) is 0 Å². The van der Waals surface area contributed by atoms with Crippen molar-refractivity contribution in [2.75, 3.05) is 0 Å². The van der Waals surface area contributed by atoms with Gasteiger partial charge in [0.2, 0.25) is 0 Å². The number of aromatic nitrogens is 1. The van der Waals surface area contributed by atoms with Gasteiger partial charge in [0.25, 0.3) is 0 Å². The average Bonchev–Trinajstić information content (AvgIpc) is 2.46. The molecule has 0 saturated carbocycles. The normalized spacial score (nSPS) is 17.6. The Kier molecular flexibility index (Phi) is 4.03. The second-order valence-electron chi connectivity index (χ2n) is 5.07. The molecule has 1 aliphatic carbocycles. The first-order chi connectivity index (χ1) is 9.72. The topological polar surface area (TPSA) is 42.4 Å². The van der Waals surface area contributed by atoms with Crippen LogP contribution in [0.25, 0.3) is 0 Å². The Morgan fingerprint density at radius 3 is 3.05 bits per heavy atom. The third kappa shape index (κ3) is 3.02. The molecule has 104 valence electrons. The van der Waals surface area contributed by atoms with E-state index in [2.05, 4.69) is 27.0 Å². The first-order valence-corrected chi connectivity index (χ1v) is 7.55. The molecule has 0 bridgehead atoms. The second-order valence-corrected chi connectivity index (χ2v) is 5.98. The molecule has 0 fully saturated rings. The van der Waals surface area contributed by atoms with Crippen LogP contribution in [-0.2, 0) is 13.0 Å². The molecule has 1 aromatic carbocycles. The summed E-state index contributed by atoms with van der Waals surface area (Å²) in [6.07, 6.45) is 6.12. The lowest BCUT2D eigenvalue weighted by Crippen LogP contribution is -2.09. The van der Waals surface area contributed by atoms with Crippen molar-refractivity contribution < 1.29 is 9.84 Å². The van der Waals surface area contributed by atoms with E-state index in [1.807, 2.05) is 18.2 Å². The molecule has 20 heavy (non-hydrogen) atoms. The highest BCUT2D eigenvalue weighted by Gasteiger charge is 2.18. The van der Waals surface area contributed by atoms with Crippen molar-refractivity contribution in [2.45, 2.75) is 32.0 Å². The Labute approximate surface area is 126 Å². The average molecular weight is 334 g/mol. The van der Waals surface area contributed by atoms with Crippen molar-refractivity contribution >= 4 is 15.9 Å². The van der Waals surface area contributed by atoms with Gasteiger partial charge in [0.05, 0.1) is 6.10 Å². The number of rotatable bonds is 3. The zero-order valence-corrected chi connectivity index (χ0v) is 12.6. The highest BCUT2D eigenvalue weighted by Crippen LogP contribution is 2.32. The molecule has 1 N–H and O–H groups in total. The summed E-state index contributed by atoms with van der Waals surface area (Å²) in [6.45, 7) is 0.474. The van der Waals surface area contributed by atoms with Gasteiger partial charge in [-0.3, -0.25) is 4.98 Å². The van der Waals surface area contributed by atoms with Crippen LogP contribution in [0.1, 0.15) is 35.6 Å². The molecule has 0 amide bonds. The zero-order valence-electron chi connectivity index (χ0n) is 11.1. The minimum Gasteiger partial charge on any atom is -0.489 e. The summed E-state index contributed by atoms with van der Waals surface area (Å²) in [5.41, 5.74) is 3.26. The monoisotopic (exact) mass is 333 g/mol. The smallest absolute Gasteiger partial charge is 0.120 e. The van der Waals surface area contributed by atoms with Gasteiger partial charge < -0.3 is 9.84 Å². The van der Waals surface area contributed by atoms with Crippen LogP contribution in [0.2, 0.25) is 0 Å². The van der Waals surface area contributed by atoms with E-state index in [-0.39, 0.29) is 6.10 Å². The van der Waals surface area contributed by atoms with E-state index in [0.717, 1.165) is 40.6 Å². The maximum atomic E-state index is 10.0. The largest absolute Gasteiger partial charge is 0.489 e. The Balaban J connectivity index is 1.73. The lowest BCUT2D eigenvalue weighted by atomic mass is 9.89. The number of aliphatic hydroxyl groups excluding tert-OH is 1. The summed E-state index contributed by atoms with van der Waals surface area (Å²) in [4.78, 5) is 4.11. The standard InChI is InChI=1S/C16H16BrNO2/c17-13-6-11(8-18-9-13)10-20-14-5-4-12-2-1-3-16(19)15(12)7-14/h4-9,16,19H,1-3,10H2. The Morgan fingerprint density at radius 2 is 2.20 bits per heavy atom.